The minimum atomic E-state index is -0.236. The van der Waals surface area contributed by atoms with Gasteiger partial charge in [-0.25, -0.2) is 0 Å². The average molecular weight is 254 g/mol. The quantitative estimate of drug-likeness (QED) is 0.770. The molecule has 17 heavy (non-hydrogen) atoms. The van der Waals surface area contributed by atoms with E-state index in [1.165, 1.54) is 0 Å². The third kappa shape index (κ3) is 3.30. The number of H-pyrrole nitrogens is 1. The standard InChI is InChI=1S/C12H15N3O.ClH/c13-11(8-16)6-10-7-14-15-12(10)9-4-2-1-3-5-9;/h1-5,7,11,16H,6,8,13H2,(H,14,15);1H. The van der Waals surface area contributed by atoms with Crippen molar-refractivity contribution in [2.24, 2.45) is 5.73 Å². The van der Waals surface area contributed by atoms with Gasteiger partial charge in [-0.05, 0) is 17.5 Å². The van der Waals surface area contributed by atoms with E-state index >= 15 is 0 Å². The van der Waals surface area contributed by atoms with Crippen LogP contribution < -0.4 is 5.73 Å². The Hall–Kier alpha value is -1.36. The summed E-state index contributed by atoms with van der Waals surface area (Å²) in [5.41, 5.74) is 8.81. The summed E-state index contributed by atoms with van der Waals surface area (Å²) in [6.45, 7) is -0.0145. The van der Waals surface area contributed by atoms with Crippen LogP contribution in [0.4, 0.5) is 0 Å². The molecule has 92 valence electrons. The molecule has 0 saturated heterocycles. The number of rotatable bonds is 4. The fourth-order valence-electron chi connectivity index (χ4n) is 1.67. The van der Waals surface area contributed by atoms with Crippen LogP contribution >= 0.6 is 12.4 Å². The Bertz CT molecular complexity index is 444. The van der Waals surface area contributed by atoms with Crippen molar-refractivity contribution < 1.29 is 5.11 Å². The normalized spacial score (nSPS) is 11.9. The van der Waals surface area contributed by atoms with Crippen molar-refractivity contribution >= 4 is 12.4 Å². The van der Waals surface area contributed by atoms with Crippen LogP contribution in [0.5, 0.6) is 0 Å². The highest BCUT2D eigenvalue weighted by atomic mass is 35.5. The molecule has 0 amide bonds. The largest absolute Gasteiger partial charge is 0.395 e. The second kappa shape index (κ2) is 6.39. The summed E-state index contributed by atoms with van der Waals surface area (Å²) in [6.07, 6.45) is 2.38. The molecule has 1 unspecified atom stereocenters. The van der Waals surface area contributed by atoms with Crippen LogP contribution in [0.2, 0.25) is 0 Å². The molecule has 0 saturated carbocycles. The highest BCUT2D eigenvalue weighted by Crippen LogP contribution is 2.21. The molecule has 1 aromatic heterocycles. The van der Waals surface area contributed by atoms with Crippen molar-refractivity contribution in [1.82, 2.24) is 10.2 Å². The maximum Gasteiger partial charge on any atom is 0.0682 e. The molecule has 0 aliphatic heterocycles. The maximum absolute atomic E-state index is 8.94. The highest BCUT2D eigenvalue weighted by Gasteiger charge is 2.10. The second-order valence-electron chi connectivity index (χ2n) is 3.78. The molecule has 2 rings (SSSR count). The summed E-state index contributed by atoms with van der Waals surface area (Å²) in [4.78, 5) is 0. The van der Waals surface area contributed by atoms with Crippen molar-refractivity contribution in [1.29, 1.82) is 0 Å². The van der Waals surface area contributed by atoms with Gasteiger partial charge in [0, 0.05) is 6.04 Å². The SMILES string of the molecule is Cl.NC(CO)Cc1cn[nH]c1-c1ccccc1. The first-order chi connectivity index (χ1) is 7.81. The molecule has 5 heteroatoms. The van der Waals surface area contributed by atoms with E-state index in [9.17, 15) is 0 Å². The Labute approximate surface area is 106 Å². The molecule has 4 N–H and O–H groups in total. The number of halogens is 1. The summed E-state index contributed by atoms with van der Waals surface area (Å²) in [7, 11) is 0. The molecule has 0 aliphatic rings. The lowest BCUT2D eigenvalue weighted by Gasteiger charge is -2.08. The smallest absolute Gasteiger partial charge is 0.0682 e. The van der Waals surface area contributed by atoms with Gasteiger partial charge in [0.25, 0.3) is 0 Å². The van der Waals surface area contributed by atoms with Crippen molar-refractivity contribution in [2.75, 3.05) is 6.61 Å². The third-order valence-corrected chi connectivity index (χ3v) is 2.50. The van der Waals surface area contributed by atoms with Gasteiger partial charge in [0.1, 0.15) is 0 Å². The monoisotopic (exact) mass is 253 g/mol. The van der Waals surface area contributed by atoms with Gasteiger partial charge in [0.15, 0.2) is 0 Å². The van der Waals surface area contributed by atoms with Gasteiger partial charge in [-0.1, -0.05) is 30.3 Å². The highest BCUT2D eigenvalue weighted by molar-refractivity contribution is 5.85. The molecule has 2 aromatic rings. The second-order valence-corrected chi connectivity index (χ2v) is 3.78. The van der Waals surface area contributed by atoms with E-state index in [4.69, 9.17) is 10.8 Å². The Morgan fingerprint density at radius 1 is 1.29 bits per heavy atom. The van der Waals surface area contributed by atoms with E-state index in [1.807, 2.05) is 30.3 Å². The molecule has 1 aromatic carbocycles. The molecule has 0 spiro atoms. The van der Waals surface area contributed by atoms with Gasteiger partial charge in [-0.15, -0.1) is 12.4 Å². The van der Waals surface area contributed by atoms with E-state index in [-0.39, 0.29) is 25.1 Å². The van der Waals surface area contributed by atoms with Gasteiger partial charge in [-0.2, -0.15) is 5.10 Å². The fourth-order valence-corrected chi connectivity index (χ4v) is 1.67. The fraction of sp³-hybridized carbons (Fsp3) is 0.250. The number of aliphatic hydroxyl groups excluding tert-OH is 1. The first-order valence-corrected chi connectivity index (χ1v) is 5.25. The molecule has 0 aliphatic carbocycles. The molecule has 0 bridgehead atoms. The molecular weight excluding hydrogens is 238 g/mol. The van der Waals surface area contributed by atoms with E-state index in [0.29, 0.717) is 6.42 Å². The van der Waals surface area contributed by atoms with E-state index in [2.05, 4.69) is 10.2 Å². The maximum atomic E-state index is 8.94. The van der Waals surface area contributed by atoms with E-state index in [0.717, 1.165) is 16.8 Å². The van der Waals surface area contributed by atoms with E-state index < -0.39 is 0 Å². The number of benzene rings is 1. The van der Waals surface area contributed by atoms with Gasteiger partial charge >= 0.3 is 0 Å². The number of nitrogens with two attached hydrogens (primary N) is 1. The Morgan fingerprint density at radius 3 is 2.65 bits per heavy atom. The summed E-state index contributed by atoms with van der Waals surface area (Å²) >= 11 is 0. The Balaban J connectivity index is 0.00000144. The lowest BCUT2D eigenvalue weighted by atomic mass is 10.0. The Morgan fingerprint density at radius 2 is 2.00 bits per heavy atom. The van der Waals surface area contributed by atoms with Gasteiger partial charge in [0.05, 0.1) is 18.5 Å². The molecule has 0 radical (unpaired) electrons. The summed E-state index contributed by atoms with van der Waals surface area (Å²) in [5, 5.41) is 15.9. The van der Waals surface area contributed by atoms with Crippen LogP contribution in [0, 0.1) is 0 Å². The lowest BCUT2D eigenvalue weighted by Crippen LogP contribution is -2.26. The van der Waals surface area contributed by atoms with Crippen LogP contribution in [0.3, 0.4) is 0 Å². The van der Waals surface area contributed by atoms with Crippen LogP contribution in [0.25, 0.3) is 11.3 Å². The predicted molar refractivity (Wildman–Crippen MR) is 70.0 cm³/mol. The van der Waals surface area contributed by atoms with E-state index in [1.54, 1.807) is 6.20 Å². The predicted octanol–water partition coefficient (Wildman–Crippen LogP) is 1.36. The number of nitrogens with one attached hydrogen (secondary N) is 1. The third-order valence-electron chi connectivity index (χ3n) is 2.50. The van der Waals surface area contributed by atoms with Crippen LogP contribution in [-0.2, 0) is 6.42 Å². The van der Waals surface area contributed by atoms with Gasteiger partial charge in [0.2, 0.25) is 0 Å². The van der Waals surface area contributed by atoms with Crippen LogP contribution in [-0.4, -0.2) is 28.0 Å². The molecule has 1 heterocycles. The molecule has 4 nitrogen and oxygen atoms in total. The number of hydrogen-bond donors (Lipinski definition) is 3. The van der Waals surface area contributed by atoms with Crippen LogP contribution in [0.1, 0.15) is 5.56 Å². The zero-order valence-corrected chi connectivity index (χ0v) is 10.2. The van der Waals surface area contributed by atoms with Crippen LogP contribution in [0.15, 0.2) is 36.5 Å². The van der Waals surface area contributed by atoms with Crippen molar-refractivity contribution in [3.63, 3.8) is 0 Å². The van der Waals surface area contributed by atoms with Gasteiger partial charge in [-0.3, -0.25) is 5.10 Å². The van der Waals surface area contributed by atoms with Crippen molar-refractivity contribution in [2.45, 2.75) is 12.5 Å². The topological polar surface area (TPSA) is 74.9 Å². The molecule has 0 fully saturated rings. The number of hydrogen-bond acceptors (Lipinski definition) is 3. The van der Waals surface area contributed by atoms with Crippen molar-refractivity contribution in [3.05, 3.63) is 42.1 Å². The number of aromatic amines is 1. The number of aromatic nitrogens is 2. The summed E-state index contributed by atoms with van der Waals surface area (Å²) < 4.78 is 0. The van der Waals surface area contributed by atoms with Crippen molar-refractivity contribution in [3.8, 4) is 11.3 Å². The average Bonchev–Trinajstić information content (AvgIpc) is 2.78. The first kappa shape index (κ1) is 13.7. The molecule has 1 atom stereocenters. The lowest BCUT2D eigenvalue weighted by molar-refractivity contribution is 0.265. The summed E-state index contributed by atoms with van der Waals surface area (Å²) in [6, 6.07) is 9.72. The summed E-state index contributed by atoms with van der Waals surface area (Å²) in [5.74, 6) is 0. The number of nitrogens with zero attached hydrogens (tertiary/aromatic N) is 1. The number of aliphatic hydroxyl groups is 1. The van der Waals surface area contributed by atoms with Gasteiger partial charge < -0.3 is 10.8 Å². The zero-order valence-electron chi connectivity index (χ0n) is 9.34. The minimum Gasteiger partial charge on any atom is -0.395 e. The first-order valence-electron chi connectivity index (χ1n) is 5.25. The zero-order chi connectivity index (χ0) is 11.4. The minimum absolute atomic E-state index is 0. The Kier molecular flexibility index (Phi) is 5.15. The molecular formula is C12H16ClN3O.